The highest BCUT2D eigenvalue weighted by Gasteiger charge is 2.42. The van der Waals surface area contributed by atoms with Crippen molar-refractivity contribution in [1.82, 2.24) is 4.90 Å². The molecule has 0 bridgehead atoms. The first-order valence-corrected chi connectivity index (χ1v) is 14.1. The molecule has 0 saturated carbocycles. The van der Waals surface area contributed by atoms with Crippen LogP contribution in [0.3, 0.4) is 0 Å². The number of rotatable bonds is 7. The molecule has 7 nitrogen and oxygen atoms in total. The van der Waals surface area contributed by atoms with Gasteiger partial charge in [-0.2, -0.15) is 22.0 Å². The van der Waals surface area contributed by atoms with Crippen molar-refractivity contribution in [1.29, 1.82) is 0 Å². The van der Waals surface area contributed by atoms with Crippen molar-refractivity contribution in [2.75, 3.05) is 17.4 Å². The number of halogens is 6. The lowest BCUT2D eigenvalue weighted by Gasteiger charge is -2.28. The van der Waals surface area contributed by atoms with Crippen LogP contribution in [0.5, 0.6) is 5.75 Å². The van der Waals surface area contributed by atoms with Crippen LogP contribution in [0.2, 0.25) is 0 Å². The topological polar surface area (TPSA) is 84.0 Å². The predicted octanol–water partition coefficient (Wildman–Crippen LogP) is 5.42. The summed E-state index contributed by atoms with van der Waals surface area (Å²) in [4.78, 5) is 25.4. The fourth-order valence-corrected chi connectivity index (χ4v) is 6.88. The first kappa shape index (κ1) is 29.4. The molecule has 1 atom stereocenters. The zero-order valence-electron chi connectivity index (χ0n) is 21.6. The number of hydrogen-bond donors (Lipinski definition) is 0. The van der Waals surface area contributed by atoms with E-state index < -0.39 is 56.8 Å². The molecule has 1 amide bonds. The van der Waals surface area contributed by atoms with Crippen molar-refractivity contribution in [3.05, 3.63) is 77.6 Å². The summed E-state index contributed by atoms with van der Waals surface area (Å²) in [7, 11) is -4.70. The molecule has 5 rings (SSSR count). The number of ketones is 1. The van der Waals surface area contributed by atoms with E-state index in [2.05, 4.69) is 4.74 Å². The molecule has 0 N–H and O–H groups in total. The summed E-state index contributed by atoms with van der Waals surface area (Å²) < 4.78 is 113. The van der Waals surface area contributed by atoms with Crippen LogP contribution in [0, 0.1) is 5.82 Å². The number of anilines is 1. The minimum absolute atomic E-state index is 0.0181. The fraction of sp³-hybridized carbons (Fsp3) is 0.286. The van der Waals surface area contributed by atoms with Gasteiger partial charge in [-0.05, 0) is 59.5 Å². The molecule has 0 aliphatic carbocycles. The van der Waals surface area contributed by atoms with E-state index in [1.165, 1.54) is 23.1 Å². The summed E-state index contributed by atoms with van der Waals surface area (Å²) in [6.45, 7) is -3.17. The Balaban J connectivity index is 1.58. The molecular weight excluding hydrogens is 590 g/mol. The molecule has 1 unspecified atom stereocenters. The molecule has 2 aliphatic heterocycles. The van der Waals surface area contributed by atoms with Crippen LogP contribution in [0.25, 0.3) is 11.1 Å². The van der Waals surface area contributed by atoms with Gasteiger partial charge in [0.15, 0.2) is 5.78 Å². The van der Waals surface area contributed by atoms with Gasteiger partial charge in [-0.3, -0.25) is 13.9 Å². The smallest absolute Gasteiger partial charge is 0.416 e. The number of hydrogen-bond acceptors (Lipinski definition) is 5. The number of ether oxygens (including phenoxy) is 1. The second-order valence-electron chi connectivity index (χ2n) is 9.89. The maximum atomic E-state index is 14.3. The fourth-order valence-electron chi connectivity index (χ4n) is 5.16. The average molecular weight is 613 g/mol. The summed E-state index contributed by atoms with van der Waals surface area (Å²) >= 11 is 0. The number of carbonyl (C=O) groups is 2. The third-order valence-electron chi connectivity index (χ3n) is 7.05. The quantitative estimate of drug-likeness (QED) is 0.333. The Labute approximate surface area is 236 Å². The highest BCUT2D eigenvalue weighted by atomic mass is 32.2. The minimum atomic E-state index is -4.82. The predicted molar refractivity (Wildman–Crippen MR) is 138 cm³/mol. The van der Waals surface area contributed by atoms with Gasteiger partial charge in [0.1, 0.15) is 11.6 Å². The van der Waals surface area contributed by atoms with E-state index in [0.29, 0.717) is 11.6 Å². The van der Waals surface area contributed by atoms with Crippen molar-refractivity contribution in [2.24, 2.45) is 0 Å². The van der Waals surface area contributed by atoms with Crippen LogP contribution in [-0.4, -0.2) is 50.8 Å². The number of amides is 1. The van der Waals surface area contributed by atoms with Crippen LogP contribution in [-0.2, 0) is 32.2 Å². The van der Waals surface area contributed by atoms with Crippen molar-refractivity contribution < 1.29 is 49.1 Å². The Morgan fingerprint density at radius 2 is 1.79 bits per heavy atom. The van der Waals surface area contributed by atoms with Gasteiger partial charge in [0.25, 0.3) is 10.0 Å². The van der Waals surface area contributed by atoms with Crippen LogP contribution < -0.4 is 9.04 Å². The number of Topliss-reactive ketones (excluding diaryl/α,β-unsaturated/α-hetero) is 1. The maximum Gasteiger partial charge on any atom is 0.416 e. The standard InChI is InChI=1S/C28H22F6N2O5S/c29-20-8-18(10-23(13-20)41-27(30)31)16-4-5-17-9-21(14-26(38)35-7-6-22(37)15-35)36(25(17)11-16)42(39,40)24-3-1-2-19(12-24)28(32,33)34/h1-5,8,10-13,21,27H,6-7,9,14-15H2. The third-order valence-corrected chi connectivity index (χ3v) is 8.91. The van der Waals surface area contributed by atoms with Gasteiger partial charge in [0.2, 0.25) is 5.91 Å². The Bertz CT molecular complexity index is 1660. The molecule has 3 aromatic rings. The molecule has 222 valence electrons. The van der Waals surface area contributed by atoms with Gasteiger partial charge < -0.3 is 9.64 Å². The third kappa shape index (κ3) is 5.94. The molecule has 0 spiro atoms. The normalized spacial score (nSPS) is 17.2. The molecule has 2 aliphatic rings. The first-order valence-electron chi connectivity index (χ1n) is 12.6. The van der Waals surface area contributed by atoms with Crippen LogP contribution in [0.1, 0.15) is 24.0 Å². The van der Waals surface area contributed by atoms with Gasteiger partial charge in [-0.1, -0.05) is 18.2 Å². The van der Waals surface area contributed by atoms with Crippen molar-refractivity contribution in [3.8, 4) is 16.9 Å². The lowest BCUT2D eigenvalue weighted by Crippen LogP contribution is -2.42. The average Bonchev–Trinajstić information content (AvgIpc) is 3.50. The highest BCUT2D eigenvalue weighted by molar-refractivity contribution is 7.92. The lowest BCUT2D eigenvalue weighted by atomic mass is 10.0. The van der Waals surface area contributed by atoms with Gasteiger partial charge in [0, 0.05) is 25.5 Å². The van der Waals surface area contributed by atoms with E-state index in [1.54, 1.807) is 0 Å². The monoisotopic (exact) mass is 612 g/mol. The number of benzene rings is 3. The molecule has 3 aromatic carbocycles. The molecular formula is C28H22F6N2O5S. The number of sulfonamides is 1. The van der Waals surface area contributed by atoms with E-state index in [1.807, 2.05) is 0 Å². The summed E-state index contributed by atoms with van der Waals surface area (Å²) in [5.74, 6) is -2.03. The minimum Gasteiger partial charge on any atom is -0.435 e. The van der Waals surface area contributed by atoms with Gasteiger partial charge in [-0.25, -0.2) is 12.8 Å². The Morgan fingerprint density at radius 3 is 2.45 bits per heavy atom. The second kappa shape index (κ2) is 11.0. The zero-order chi connectivity index (χ0) is 30.4. The summed E-state index contributed by atoms with van der Waals surface area (Å²) in [6.07, 6.45) is -5.00. The highest BCUT2D eigenvalue weighted by Crippen LogP contribution is 2.42. The molecule has 42 heavy (non-hydrogen) atoms. The Morgan fingerprint density at radius 1 is 1.02 bits per heavy atom. The number of fused-ring (bicyclic) bond motifs is 1. The molecule has 1 fully saturated rings. The van der Waals surface area contributed by atoms with Gasteiger partial charge in [-0.15, -0.1) is 0 Å². The van der Waals surface area contributed by atoms with Gasteiger partial charge in [0.05, 0.1) is 28.7 Å². The maximum absolute atomic E-state index is 14.3. The largest absolute Gasteiger partial charge is 0.435 e. The van der Waals surface area contributed by atoms with Crippen molar-refractivity contribution in [2.45, 2.75) is 43.0 Å². The van der Waals surface area contributed by atoms with Crippen molar-refractivity contribution >= 4 is 27.4 Å². The lowest BCUT2D eigenvalue weighted by molar-refractivity contribution is -0.137. The van der Waals surface area contributed by atoms with Crippen LogP contribution in [0.15, 0.2) is 65.6 Å². The van der Waals surface area contributed by atoms with E-state index in [0.717, 1.165) is 40.7 Å². The van der Waals surface area contributed by atoms with E-state index in [-0.39, 0.29) is 54.9 Å². The molecule has 1 saturated heterocycles. The van der Waals surface area contributed by atoms with Crippen LogP contribution >= 0.6 is 0 Å². The van der Waals surface area contributed by atoms with Crippen molar-refractivity contribution in [3.63, 3.8) is 0 Å². The second-order valence-corrected chi connectivity index (χ2v) is 11.7. The summed E-state index contributed by atoms with van der Waals surface area (Å²) in [5.41, 5.74) is -0.453. The van der Waals surface area contributed by atoms with E-state index in [9.17, 15) is 44.3 Å². The summed E-state index contributed by atoms with van der Waals surface area (Å²) in [6, 6.07) is 9.38. The number of carbonyl (C=O) groups excluding carboxylic acids is 2. The van der Waals surface area contributed by atoms with Gasteiger partial charge >= 0.3 is 12.8 Å². The molecule has 0 radical (unpaired) electrons. The molecule has 2 heterocycles. The SMILES string of the molecule is O=C1CCN(C(=O)CC2Cc3ccc(-c4cc(F)cc(OC(F)F)c4)cc3N2S(=O)(=O)c2cccc(C(F)(F)F)c2)C1. The molecule has 0 aromatic heterocycles. The summed E-state index contributed by atoms with van der Waals surface area (Å²) in [5, 5.41) is 0. The number of nitrogens with zero attached hydrogens (tertiary/aromatic N) is 2. The molecule has 14 heteroatoms. The van der Waals surface area contributed by atoms with E-state index >= 15 is 0 Å². The first-order chi connectivity index (χ1) is 19.7. The Kier molecular flexibility index (Phi) is 7.68. The zero-order valence-corrected chi connectivity index (χ0v) is 22.4. The Hall–Kier alpha value is -4.07. The number of likely N-dealkylation sites (tertiary alicyclic amines) is 1. The van der Waals surface area contributed by atoms with Crippen LogP contribution in [0.4, 0.5) is 32.0 Å². The number of alkyl halides is 5. The van der Waals surface area contributed by atoms with E-state index in [4.69, 9.17) is 0 Å².